The molecule has 98 valence electrons. The molecule has 0 spiro atoms. The number of aliphatic hydroxyl groups excluding tert-OH is 1. The summed E-state index contributed by atoms with van der Waals surface area (Å²) in [6.07, 6.45) is 6.96. The minimum Gasteiger partial charge on any atom is -0.392 e. The highest BCUT2D eigenvalue weighted by molar-refractivity contribution is 5.55. The van der Waals surface area contributed by atoms with Gasteiger partial charge in [-0.3, -0.25) is 0 Å². The molecule has 2 rings (SSSR count). The van der Waals surface area contributed by atoms with Gasteiger partial charge in [-0.25, -0.2) is 8.78 Å². The predicted octanol–water partition coefficient (Wildman–Crippen LogP) is 3.92. The largest absolute Gasteiger partial charge is 0.392 e. The van der Waals surface area contributed by atoms with Crippen LogP contribution in [-0.4, -0.2) is 11.7 Å². The van der Waals surface area contributed by atoms with Gasteiger partial charge < -0.3 is 5.11 Å². The standard InChI is InChI=1S/C15H18F2O/c16-14-7-4-8-15(17)13(14)9-12(10-18)11-5-2-1-3-6-11/h4,7-9,11,18H,1-3,5-6,10H2. The Kier molecular flexibility index (Phi) is 4.48. The molecule has 0 bridgehead atoms. The fourth-order valence-electron chi connectivity index (χ4n) is 2.60. The van der Waals surface area contributed by atoms with Gasteiger partial charge in [0, 0.05) is 5.56 Å². The van der Waals surface area contributed by atoms with Gasteiger partial charge in [-0.05, 0) is 42.5 Å². The van der Waals surface area contributed by atoms with Crippen molar-refractivity contribution >= 4 is 6.08 Å². The lowest BCUT2D eigenvalue weighted by Crippen LogP contribution is -2.12. The van der Waals surface area contributed by atoms with Crippen LogP contribution < -0.4 is 0 Å². The van der Waals surface area contributed by atoms with Crippen LogP contribution in [0.3, 0.4) is 0 Å². The van der Waals surface area contributed by atoms with E-state index in [1.165, 1.54) is 30.7 Å². The zero-order valence-electron chi connectivity index (χ0n) is 10.3. The molecule has 3 heteroatoms. The molecular formula is C15H18F2O. The molecular weight excluding hydrogens is 234 g/mol. The molecule has 0 saturated heterocycles. The number of hydrogen-bond donors (Lipinski definition) is 1. The van der Waals surface area contributed by atoms with Crippen LogP contribution in [0.4, 0.5) is 8.78 Å². The van der Waals surface area contributed by atoms with E-state index in [4.69, 9.17) is 0 Å². The molecule has 1 fully saturated rings. The first-order valence-corrected chi connectivity index (χ1v) is 6.47. The van der Waals surface area contributed by atoms with Crippen LogP contribution in [-0.2, 0) is 0 Å². The minimum atomic E-state index is -0.572. The third kappa shape index (κ3) is 2.96. The number of aliphatic hydroxyl groups is 1. The maximum absolute atomic E-state index is 13.5. The van der Waals surface area contributed by atoms with Crippen molar-refractivity contribution in [3.8, 4) is 0 Å². The number of halogens is 2. The minimum absolute atomic E-state index is 0.0351. The molecule has 1 saturated carbocycles. The molecule has 0 atom stereocenters. The smallest absolute Gasteiger partial charge is 0.133 e. The molecule has 0 aliphatic heterocycles. The molecule has 0 heterocycles. The van der Waals surface area contributed by atoms with Gasteiger partial charge in [0.05, 0.1) is 6.61 Å². The van der Waals surface area contributed by atoms with E-state index < -0.39 is 11.6 Å². The topological polar surface area (TPSA) is 20.2 Å². The first-order valence-electron chi connectivity index (χ1n) is 6.47. The summed E-state index contributed by atoms with van der Waals surface area (Å²) >= 11 is 0. The van der Waals surface area contributed by atoms with E-state index in [9.17, 15) is 13.9 Å². The summed E-state index contributed by atoms with van der Waals surface area (Å²) in [5, 5.41) is 9.41. The van der Waals surface area contributed by atoms with Crippen molar-refractivity contribution in [3.05, 3.63) is 41.0 Å². The van der Waals surface area contributed by atoms with E-state index >= 15 is 0 Å². The Hall–Kier alpha value is -1.22. The lowest BCUT2D eigenvalue weighted by Gasteiger charge is -2.23. The fraction of sp³-hybridized carbons (Fsp3) is 0.467. The van der Waals surface area contributed by atoms with Crippen LogP contribution >= 0.6 is 0 Å². The summed E-state index contributed by atoms with van der Waals surface area (Å²) < 4.78 is 27.1. The lowest BCUT2D eigenvalue weighted by molar-refractivity contribution is 0.295. The van der Waals surface area contributed by atoms with Gasteiger partial charge in [0.15, 0.2) is 0 Å². The number of rotatable bonds is 3. The van der Waals surface area contributed by atoms with Gasteiger partial charge in [-0.1, -0.05) is 25.3 Å². The monoisotopic (exact) mass is 252 g/mol. The van der Waals surface area contributed by atoms with Crippen LogP contribution in [0.15, 0.2) is 23.8 Å². The van der Waals surface area contributed by atoms with Crippen molar-refractivity contribution in [1.82, 2.24) is 0 Å². The zero-order chi connectivity index (χ0) is 13.0. The molecule has 1 N–H and O–H groups in total. The highest BCUT2D eigenvalue weighted by Crippen LogP contribution is 2.31. The average Bonchev–Trinajstić information content (AvgIpc) is 2.40. The second-order valence-electron chi connectivity index (χ2n) is 4.85. The van der Waals surface area contributed by atoms with Gasteiger partial charge in [0.25, 0.3) is 0 Å². The third-order valence-electron chi connectivity index (χ3n) is 3.64. The first-order chi connectivity index (χ1) is 8.72. The maximum Gasteiger partial charge on any atom is 0.133 e. The fourth-order valence-corrected chi connectivity index (χ4v) is 2.60. The Labute approximate surface area is 106 Å². The summed E-state index contributed by atoms with van der Waals surface area (Å²) in [4.78, 5) is 0. The highest BCUT2D eigenvalue weighted by Gasteiger charge is 2.18. The van der Waals surface area contributed by atoms with E-state index in [-0.39, 0.29) is 18.1 Å². The molecule has 1 aliphatic rings. The van der Waals surface area contributed by atoms with Gasteiger partial charge >= 0.3 is 0 Å². The lowest BCUT2D eigenvalue weighted by atomic mass is 9.83. The highest BCUT2D eigenvalue weighted by atomic mass is 19.1. The third-order valence-corrected chi connectivity index (χ3v) is 3.64. The van der Waals surface area contributed by atoms with Crippen LogP contribution in [0.25, 0.3) is 6.08 Å². The number of hydrogen-bond acceptors (Lipinski definition) is 1. The van der Waals surface area contributed by atoms with Crippen molar-refractivity contribution in [2.75, 3.05) is 6.61 Å². The Balaban J connectivity index is 2.28. The summed E-state index contributed by atoms with van der Waals surface area (Å²) in [5.41, 5.74) is 0.714. The van der Waals surface area contributed by atoms with Crippen molar-refractivity contribution < 1.29 is 13.9 Å². The Bertz CT molecular complexity index is 414. The van der Waals surface area contributed by atoms with E-state index in [0.717, 1.165) is 31.3 Å². The maximum atomic E-state index is 13.5. The first kappa shape index (κ1) is 13.2. The molecule has 1 aromatic carbocycles. The normalized spacial score (nSPS) is 18.1. The van der Waals surface area contributed by atoms with E-state index in [1.54, 1.807) is 0 Å². The van der Waals surface area contributed by atoms with Gasteiger partial charge in [-0.15, -0.1) is 0 Å². The van der Waals surface area contributed by atoms with E-state index in [2.05, 4.69) is 0 Å². The molecule has 1 nitrogen and oxygen atoms in total. The zero-order valence-corrected chi connectivity index (χ0v) is 10.3. The Morgan fingerprint density at radius 2 is 1.78 bits per heavy atom. The van der Waals surface area contributed by atoms with Crippen LogP contribution in [0.1, 0.15) is 37.7 Å². The van der Waals surface area contributed by atoms with Crippen molar-refractivity contribution in [1.29, 1.82) is 0 Å². The van der Waals surface area contributed by atoms with Gasteiger partial charge in [0.2, 0.25) is 0 Å². The second-order valence-corrected chi connectivity index (χ2v) is 4.85. The van der Waals surface area contributed by atoms with Gasteiger partial charge in [0.1, 0.15) is 11.6 Å². The van der Waals surface area contributed by atoms with Crippen molar-refractivity contribution in [2.45, 2.75) is 32.1 Å². The van der Waals surface area contributed by atoms with Crippen LogP contribution in [0.2, 0.25) is 0 Å². The number of benzene rings is 1. The Morgan fingerprint density at radius 1 is 1.17 bits per heavy atom. The summed E-state index contributed by atoms with van der Waals surface area (Å²) in [6.45, 7) is -0.127. The molecule has 1 aromatic rings. The van der Waals surface area contributed by atoms with Crippen LogP contribution in [0.5, 0.6) is 0 Å². The molecule has 0 radical (unpaired) electrons. The Morgan fingerprint density at radius 3 is 2.33 bits per heavy atom. The van der Waals surface area contributed by atoms with Crippen LogP contribution in [0, 0.1) is 17.6 Å². The molecule has 1 aliphatic carbocycles. The molecule has 0 aromatic heterocycles. The van der Waals surface area contributed by atoms with E-state index in [0.29, 0.717) is 0 Å². The summed E-state index contributed by atoms with van der Waals surface area (Å²) in [6, 6.07) is 3.83. The predicted molar refractivity (Wildman–Crippen MR) is 68.0 cm³/mol. The summed E-state index contributed by atoms with van der Waals surface area (Å²) in [5.74, 6) is -0.878. The molecule has 0 unspecified atom stereocenters. The molecule has 18 heavy (non-hydrogen) atoms. The van der Waals surface area contributed by atoms with Gasteiger partial charge in [-0.2, -0.15) is 0 Å². The average molecular weight is 252 g/mol. The SMILES string of the molecule is OCC(=Cc1c(F)cccc1F)C1CCCCC1. The quantitative estimate of drug-likeness (QED) is 0.864. The molecule has 0 amide bonds. The summed E-state index contributed by atoms with van der Waals surface area (Å²) in [7, 11) is 0. The van der Waals surface area contributed by atoms with Crippen molar-refractivity contribution in [2.24, 2.45) is 5.92 Å². The second kappa shape index (κ2) is 6.10. The van der Waals surface area contributed by atoms with E-state index in [1.807, 2.05) is 0 Å². The van der Waals surface area contributed by atoms with Crippen molar-refractivity contribution in [3.63, 3.8) is 0 Å².